The van der Waals surface area contributed by atoms with Crippen molar-refractivity contribution in [1.82, 2.24) is 9.46 Å². The molecule has 0 bridgehead atoms. The Morgan fingerprint density at radius 1 is 1.17 bits per heavy atom. The van der Waals surface area contributed by atoms with Crippen LogP contribution in [0.1, 0.15) is 30.3 Å². The van der Waals surface area contributed by atoms with Crippen LogP contribution in [0.5, 0.6) is 11.5 Å². The molecule has 2 aromatic rings. The maximum absolute atomic E-state index is 13.1. The number of hydrogen-bond acceptors (Lipinski definition) is 6. The quantitative estimate of drug-likeness (QED) is 0.845. The van der Waals surface area contributed by atoms with Gasteiger partial charge in [-0.2, -0.15) is 4.31 Å². The summed E-state index contributed by atoms with van der Waals surface area (Å²) < 4.78 is 43.7. The van der Waals surface area contributed by atoms with Crippen molar-refractivity contribution >= 4 is 10.0 Å². The zero-order valence-electron chi connectivity index (χ0n) is 13.3. The van der Waals surface area contributed by atoms with E-state index in [4.69, 9.17) is 14.0 Å². The second-order valence-electron chi connectivity index (χ2n) is 5.94. The molecule has 8 heteroatoms. The Labute approximate surface area is 140 Å². The van der Waals surface area contributed by atoms with Crippen LogP contribution in [0, 0.1) is 6.92 Å². The molecule has 1 atom stereocenters. The number of nitrogens with zero attached hydrogens (tertiary/aromatic N) is 2. The Morgan fingerprint density at radius 2 is 1.96 bits per heavy atom. The van der Waals surface area contributed by atoms with Gasteiger partial charge in [0.15, 0.2) is 11.5 Å². The number of hydrogen-bond donors (Lipinski definition) is 0. The Bertz CT molecular complexity index is 861. The summed E-state index contributed by atoms with van der Waals surface area (Å²) in [6, 6.07) is 6.25. The first-order chi connectivity index (χ1) is 11.6. The Hall–Kier alpha value is -2.06. The highest BCUT2D eigenvalue weighted by Gasteiger charge is 2.38. The van der Waals surface area contributed by atoms with Gasteiger partial charge < -0.3 is 14.0 Å². The Balaban J connectivity index is 1.69. The van der Waals surface area contributed by atoms with Crippen LogP contribution in [0.2, 0.25) is 0 Å². The topological polar surface area (TPSA) is 81.9 Å². The van der Waals surface area contributed by atoms with Gasteiger partial charge in [0, 0.05) is 18.7 Å². The maximum atomic E-state index is 13.1. The summed E-state index contributed by atoms with van der Waals surface area (Å²) in [5.74, 6) is 1.72. The predicted molar refractivity (Wildman–Crippen MR) is 84.5 cm³/mol. The Morgan fingerprint density at radius 3 is 2.71 bits per heavy atom. The van der Waals surface area contributed by atoms with Gasteiger partial charge in [-0.15, -0.1) is 0 Å². The summed E-state index contributed by atoms with van der Waals surface area (Å²) in [4.78, 5) is 0.207. The molecular formula is C16H18N2O5S. The van der Waals surface area contributed by atoms with Crippen LogP contribution in [-0.2, 0) is 10.0 Å². The summed E-state index contributed by atoms with van der Waals surface area (Å²) in [6.45, 7) is 3.15. The molecule has 3 heterocycles. The van der Waals surface area contributed by atoms with E-state index in [9.17, 15) is 8.42 Å². The second kappa shape index (κ2) is 5.78. The number of ether oxygens (including phenoxy) is 2. The summed E-state index contributed by atoms with van der Waals surface area (Å²) in [5, 5.41) is 4.00. The number of aryl methyl sites for hydroxylation is 1. The van der Waals surface area contributed by atoms with E-state index in [0.29, 0.717) is 42.7 Å². The molecule has 24 heavy (non-hydrogen) atoms. The molecule has 0 unspecified atom stereocenters. The number of fused-ring (bicyclic) bond motifs is 1. The lowest BCUT2D eigenvalue weighted by Crippen LogP contribution is -2.31. The van der Waals surface area contributed by atoms with Crippen molar-refractivity contribution in [1.29, 1.82) is 0 Å². The van der Waals surface area contributed by atoms with Crippen molar-refractivity contribution in [2.45, 2.75) is 30.7 Å². The van der Waals surface area contributed by atoms with Crippen molar-refractivity contribution in [3.05, 3.63) is 35.7 Å². The summed E-state index contributed by atoms with van der Waals surface area (Å²) in [6.07, 6.45) is 1.52. The molecule has 2 aliphatic rings. The fourth-order valence-electron chi connectivity index (χ4n) is 3.19. The Kier molecular flexibility index (Phi) is 3.73. The molecule has 1 aromatic heterocycles. The molecule has 1 fully saturated rings. The molecular weight excluding hydrogens is 332 g/mol. The van der Waals surface area contributed by atoms with Crippen LogP contribution in [0.3, 0.4) is 0 Å². The highest BCUT2D eigenvalue weighted by molar-refractivity contribution is 7.89. The molecule has 0 N–H and O–H groups in total. The van der Waals surface area contributed by atoms with E-state index in [1.807, 2.05) is 0 Å². The highest BCUT2D eigenvalue weighted by atomic mass is 32.2. The lowest BCUT2D eigenvalue weighted by atomic mass is 10.1. The number of benzene rings is 1. The van der Waals surface area contributed by atoms with Crippen LogP contribution in [0.4, 0.5) is 0 Å². The average molecular weight is 350 g/mol. The lowest BCUT2D eigenvalue weighted by Gasteiger charge is -2.24. The average Bonchev–Trinajstić information content (AvgIpc) is 3.23. The van der Waals surface area contributed by atoms with Crippen LogP contribution < -0.4 is 9.47 Å². The van der Waals surface area contributed by atoms with Crippen molar-refractivity contribution in [2.24, 2.45) is 0 Å². The minimum Gasteiger partial charge on any atom is -0.486 e. The third kappa shape index (κ3) is 2.55. The number of rotatable bonds is 3. The van der Waals surface area contributed by atoms with Crippen LogP contribution in [-0.4, -0.2) is 37.6 Å². The molecule has 0 spiro atoms. The monoisotopic (exact) mass is 350 g/mol. The first-order valence-corrected chi connectivity index (χ1v) is 9.34. The standard InChI is InChI=1S/C16H18N2O5S/c1-11-9-13(17-23-11)14-3-2-6-18(14)24(19,20)12-4-5-15-16(10-12)22-8-7-21-15/h4-5,9-10,14H,2-3,6-8H2,1H3/t14-/m1/s1. The van der Waals surface area contributed by atoms with Gasteiger partial charge in [-0.25, -0.2) is 8.42 Å². The summed E-state index contributed by atoms with van der Waals surface area (Å²) in [5.41, 5.74) is 0.658. The summed E-state index contributed by atoms with van der Waals surface area (Å²) in [7, 11) is -3.64. The molecule has 4 rings (SSSR count). The van der Waals surface area contributed by atoms with Crippen LogP contribution in [0.25, 0.3) is 0 Å². The predicted octanol–water partition coefficient (Wildman–Crippen LogP) is 2.28. The molecule has 0 aliphatic carbocycles. The maximum Gasteiger partial charge on any atom is 0.243 e. The first-order valence-electron chi connectivity index (χ1n) is 7.90. The van der Waals surface area contributed by atoms with Gasteiger partial charge in [0.2, 0.25) is 10.0 Å². The van der Waals surface area contributed by atoms with Gasteiger partial charge >= 0.3 is 0 Å². The lowest BCUT2D eigenvalue weighted by molar-refractivity contribution is 0.171. The minimum atomic E-state index is -3.64. The van der Waals surface area contributed by atoms with E-state index in [1.165, 1.54) is 10.4 Å². The van der Waals surface area contributed by atoms with E-state index in [1.54, 1.807) is 25.1 Å². The smallest absolute Gasteiger partial charge is 0.243 e. The number of sulfonamides is 1. The van der Waals surface area contributed by atoms with E-state index >= 15 is 0 Å². The molecule has 128 valence electrons. The fourth-order valence-corrected chi connectivity index (χ4v) is 4.87. The zero-order valence-corrected chi connectivity index (χ0v) is 14.1. The molecule has 2 aliphatic heterocycles. The molecule has 0 saturated carbocycles. The van der Waals surface area contributed by atoms with Crippen LogP contribution >= 0.6 is 0 Å². The third-order valence-corrected chi connectivity index (χ3v) is 6.22. The molecule has 7 nitrogen and oxygen atoms in total. The van der Waals surface area contributed by atoms with Gasteiger partial charge in [-0.1, -0.05) is 5.16 Å². The second-order valence-corrected chi connectivity index (χ2v) is 7.83. The van der Waals surface area contributed by atoms with E-state index in [0.717, 1.165) is 12.8 Å². The van der Waals surface area contributed by atoms with Crippen molar-refractivity contribution in [3.8, 4) is 11.5 Å². The summed E-state index contributed by atoms with van der Waals surface area (Å²) >= 11 is 0. The molecule has 1 saturated heterocycles. The number of aromatic nitrogens is 1. The van der Waals surface area contributed by atoms with Gasteiger partial charge in [-0.3, -0.25) is 0 Å². The first kappa shape index (κ1) is 15.5. The minimum absolute atomic E-state index is 0.207. The van der Waals surface area contributed by atoms with Crippen molar-refractivity contribution in [3.63, 3.8) is 0 Å². The molecule has 0 radical (unpaired) electrons. The van der Waals surface area contributed by atoms with E-state index in [-0.39, 0.29) is 10.9 Å². The van der Waals surface area contributed by atoms with Gasteiger partial charge in [-0.05, 0) is 31.9 Å². The van der Waals surface area contributed by atoms with Crippen molar-refractivity contribution < 1.29 is 22.4 Å². The van der Waals surface area contributed by atoms with E-state index < -0.39 is 10.0 Å². The SMILES string of the molecule is Cc1cc([C@H]2CCCN2S(=O)(=O)c2ccc3c(c2)OCCO3)no1. The molecule has 1 aromatic carbocycles. The van der Waals surface area contributed by atoms with Gasteiger partial charge in [0.05, 0.1) is 10.9 Å². The van der Waals surface area contributed by atoms with Gasteiger partial charge in [0.25, 0.3) is 0 Å². The normalized spacial score (nSPS) is 21.1. The largest absolute Gasteiger partial charge is 0.486 e. The van der Waals surface area contributed by atoms with Crippen molar-refractivity contribution in [2.75, 3.05) is 19.8 Å². The van der Waals surface area contributed by atoms with Gasteiger partial charge in [0.1, 0.15) is 24.7 Å². The molecule has 0 amide bonds. The highest BCUT2D eigenvalue weighted by Crippen LogP contribution is 2.38. The van der Waals surface area contributed by atoms with E-state index in [2.05, 4.69) is 5.16 Å². The fraction of sp³-hybridized carbons (Fsp3) is 0.438. The van der Waals surface area contributed by atoms with Crippen LogP contribution in [0.15, 0.2) is 33.7 Å². The zero-order chi connectivity index (χ0) is 16.7. The third-order valence-electron chi connectivity index (χ3n) is 4.31.